The first kappa shape index (κ1) is 11.3. The van der Waals surface area contributed by atoms with Gasteiger partial charge in [-0.3, -0.25) is 4.79 Å². The molecular formula is C11H10Cl2OS. The van der Waals surface area contributed by atoms with Crippen molar-refractivity contribution in [1.29, 1.82) is 0 Å². The third kappa shape index (κ3) is 2.90. The maximum Gasteiger partial charge on any atom is 0.134 e. The van der Waals surface area contributed by atoms with Gasteiger partial charge in [-0.25, -0.2) is 0 Å². The number of thioether (sulfide) groups is 1. The summed E-state index contributed by atoms with van der Waals surface area (Å²) in [6, 6.07) is 5.48. The van der Waals surface area contributed by atoms with Crippen LogP contribution in [0.2, 0.25) is 10.0 Å². The Morgan fingerprint density at radius 3 is 2.73 bits per heavy atom. The maximum absolute atomic E-state index is 11.1. The van der Waals surface area contributed by atoms with Crippen LogP contribution >= 0.6 is 35.0 Å². The van der Waals surface area contributed by atoms with E-state index in [-0.39, 0.29) is 0 Å². The third-order valence-corrected chi connectivity index (χ3v) is 4.39. The molecular weight excluding hydrogens is 251 g/mol. The van der Waals surface area contributed by atoms with Gasteiger partial charge in [0.25, 0.3) is 0 Å². The quantitative estimate of drug-likeness (QED) is 0.793. The Hall–Kier alpha value is -0.180. The van der Waals surface area contributed by atoms with Crippen LogP contribution < -0.4 is 0 Å². The first-order valence-electron chi connectivity index (χ1n) is 4.78. The second kappa shape index (κ2) is 4.77. The lowest BCUT2D eigenvalue weighted by Gasteiger charge is -2.09. The van der Waals surface area contributed by atoms with Gasteiger partial charge in [-0.15, -0.1) is 11.8 Å². The van der Waals surface area contributed by atoms with E-state index in [2.05, 4.69) is 0 Å². The summed E-state index contributed by atoms with van der Waals surface area (Å²) in [5, 5.41) is 1.70. The van der Waals surface area contributed by atoms with Crippen molar-refractivity contribution in [3.05, 3.63) is 28.2 Å². The van der Waals surface area contributed by atoms with Crippen LogP contribution in [0.5, 0.6) is 0 Å². The number of hydrogen-bond acceptors (Lipinski definition) is 2. The molecule has 0 spiro atoms. The van der Waals surface area contributed by atoms with Gasteiger partial charge in [0, 0.05) is 28.0 Å². The summed E-state index contributed by atoms with van der Waals surface area (Å²) in [6.45, 7) is 0. The van der Waals surface area contributed by atoms with E-state index in [0.717, 1.165) is 11.3 Å². The summed E-state index contributed by atoms with van der Waals surface area (Å²) < 4.78 is 0. The summed E-state index contributed by atoms with van der Waals surface area (Å²) in [6.07, 6.45) is 2.34. The Morgan fingerprint density at radius 2 is 2.13 bits per heavy atom. The van der Waals surface area contributed by atoms with Gasteiger partial charge in [-0.2, -0.15) is 0 Å². The van der Waals surface area contributed by atoms with Gasteiger partial charge in [0.05, 0.1) is 5.02 Å². The molecule has 0 aromatic heterocycles. The maximum atomic E-state index is 11.1. The van der Waals surface area contributed by atoms with Crippen LogP contribution in [0.15, 0.2) is 23.1 Å². The van der Waals surface area contributed by atoms with E-state index in [9.17, 15) is 4.79 Å². The zero-order valence-corrected chi connectivity index (χ0v) is 10.3. The molecule has 2 rings (SSSR count). The topological polar surface area (TPSA) is 17.1 Å². The zero-order chi connectivity index (χ0) is 10.8. The summed E-state index contributed by atoms with van der Waals surface area (Å²) in [5.41, 5.74) is 0. The van der Waals surface area contributed by atoms with Crippen molar-refractivity contribution < 1.29 is 4.79 Å². The van der Waals surface area contributed by atoms with Crippen molar-refractivity contribution in [3.8, 4) is 0 Å². The monoisotopic (exact) mass is 260 g/mol. The fourth-order valence-electron chi connectivity index (χ4n) is 1.63. The molecule has 0 N–H and O–H groups in total. The van der Waals surface area contributed by atoms with E-state index in [1.54, 1.807) is 17.8 Å². The van der Waals surface area contributed by atoms with Crippen molar-refractivity contribution in [2.24, 2.45) is 0 Å². The second-order valence-corrected chi connectivity index (χ2v) is 5.78. The third-order valence-electron chi connectivity index (χ3n) is 2.39. The highest BCUT2D eigenvalue weighted by Crippen LogP contribution is 2.37. The lowest BCUT2D eigenvalue weighted by molar-refractivity contribution is -0.117. The van der Waals surface area contributed by atoms with Crippen LogP contribution in [0.4, 0.5) is 0 Å². The van der Waals surface area contributed by atoms with Crippen molar-refractivity contribution in [1.82, 2.24) is 0 Å². The number of carbonyl (C=O) groups excluding carboxylic acids is 1. The molecule has 1 saturated carbocycles. The second-order valence-electron chi connectivity index (χ2n) is 3.60. The van der Waals surface area contributed by atoms with E-state index in [4.69, 9.17) is 23.2 Å². The molecule has 0 bridgehead atoms. The first-order chi connectivity index (χ1) is 7.15. The van der Waals surface area contributed by atoms with E-state index in [0.29, 0.717) is 33.9 Å². The highest BCUT2D eigenvalue weighted by Gasteiger charge is 2.23. The van der Waals surface area contributed by atoms with Gasteiger partial charge in [-0.05, 0) is 24.6 Å². The molecule has 1 unspecified atom stereocenters. The molecule has 1 aromatic rings. The van der Waals surface area contributed by atoms with Gasteiger partial charge in [0.15, 0.2) is 0 Å². The predicted molar refractivity (Wildman–Crippen MR) is 65.0 cm³/mol. The number of carbonyl (C=O) groups is 1. The molecule has 15 heavy (non-hydrogen) atoms. The number of benzene rings is 1. The predicted octanol–water partition coefficient (Wildman–Crippen LogP) is 4.21. The summed E-state index contributed by atoms with van der Waals surface area (Å²) >= 11 is 13.5. The van der Waals surface area contributed by atoms with Gasteiger partial charge in [0.1, 0.15) is 5.78 Å². The van der Waals surface area contributed by atoms with Gasteiger partial charge in [0.2, 0.25) is 0 Å². The van der Waals surface area contributed by atoms with Crippen molar-refractivity contribution in [2.75, 3.05) is 0 Å². The summed E-state index contributed by atoms with van der Waals surface area (Å²) in [5.74, 6) is 0.359. The van der Waals surface area contributed by atoms with Crippen LogP contribution in [0.25, 0.3) is 0 Å². The molecule has 1 aromatic carbocycles. The van der Waals surface area contributed by atoms with Crippen LogP contribution in [-0.4, -0.2) is 11.0 Å². The average molecular weight is 261 g/mol. The van der Waals surface area contributed by atoms with Gasteiger partial charge in [-0.1, -0.05) is 23.2 Å². The zero-order valence-electron chi connectivity index (χ0n) is 8.00. The van der Waals surface area contributed by atoms with Crippen LogP contribution in [-0.2, 0) is 4.79 Å². The molecule has 0 amide bonds. The smallest absolute Gasteiger partial charge is 0.134 e. The van der Waals surface area contributed by atoms with E-state index >= 15 is 0 Å². The highest BCUT2D eigenvalue weighted by molar-refractivity contribution is 8.00. The van der Waals surface area contributed by atoms with E-state index in [1.807, 2.05) is 12.1 Å². The SMILES string of the molecule is O=C1CCC(Sc2ccc(Cl)cc2Cl)C1. The number of ketones is 1. The standard InChI is InChI=1S/C11H10Cl2OS/c12-7-1-4-11(10(13)5-7)15-9-3-2-8(14)6-9/h1,4-5,9H,2-3,6H2. The molecule has 0 radical (unpaired) electrons. The highest BCUT2D eigenvalue weighted by atomic mass is 35.5. The molecule has 80 valence electrons. The molecule has 1 aliphatic carbocycles. The number of halogens is 2. The van der Waals surface area contributed by atoms with Crippen molar-refractivity contribution in [3.63, 3.8) is 0 Å². The van der Waals surface area contributed by atoms with Crippen molar-refractivity contribution in [2.45, 2.75) is 29.4 Å². The molecule has 4 heteroatoms. The van der Waals surface area contributed by atoms with Crippen LogP contribution in [0.3, 0.4) is 0 Å². The Bertz CT molecular complexity index is 392. The minimum atomic E-state index is 0.359. The largest absolute Gasteiger partial charge is 0.300 e. The Kier molecular flexibility index (Phi) is 3.60. The Balaban J connectivity index is 2.07. The van der Waals surface area contributed by atoms with Gasteiger partial charge >= 0.3 is 0 Å². The Morgan fingerprint density at radius 1 is 1.33 bits per heavy atom. The minimum absolute atomic E-state index is 0.359. The normalized spacial score (nSPS) is 20.9. The number of hydrogen-bond donors (Lipinski definition) is 0. The fourth-order valence-corrected chi connectivity index (χ4v) is 3.36. The number of Topliss-reactive ketones (excluding diaryl/α,β-unsaturated/α-hetero) is 1. The lowest BCUT2D eigenvalue weighted by Crippen LogP contribution is -1.96. The Labute approximate surface area is 103 Å². The molecule has 1 atom stereocenters. The molecule has 0 saturated heterocycles. The molecule has 0 aliphatic heterocycles. The van der Waals surface area contributed by atoms with Gasteiger partial charge < -0.3 is 0 Å². The van der Waals surface area contributed by atoms with E-state index < -0.39 is 0 Å². The minimum Gasteiger partial charge on any atom is -0.300 e. The fraction of sp³-hybridized carbons (Fsp3) is 0.364. The van der Waals surface area contributed by atoms with Crippen molar-refractivity contribution >= 4 is 40.7 Å². The molecule has 1 aliphatic rings. The van der Waals surface area contributed by atoms with E-state index in [1.165, 1.54) is 0 Å². The summed E-state index contributed by atoms with van der Waals surface area (Å²) in [4.78, 5) is 12.1. The van der Waals surface area contributed by atoms with Crippen LogP contribution in [0.1, 0.15) is 19.3 Å². The molecule has 1 nitrogen and oxygen atoms in total. The lowest BCUT2D eigenvalue weighted by atomic mass is 10.3. The summed E-state index contributed by atoms with van der Waals surface area (Å²) in [7, 11) is 0. The molecule has 0 heterocycles. The number of rotatable bonds is 2. The first-order valence-corrected chi connectivity index (χ1v) is 6.42. The van der Waals surface area contributed by atoms with Crippen LogP contribution in [0, 0.1) is 0 Å². The molecule has 1 fully saturated rings. The average Bonchev–Trinajstić information content (AvgIpc) is 2.56.